The highest BCUT2D eigenvalue weighted by molar-refractivity contribution is 5.97. The molecule has 0 fully saturated rings. The standard InChI is InChI=1S/C16H15N5/c1-3-8-14(13-9-4-6-11-18-13)20-21-16(17-2)15-10-5-7-12-19-15/h3-7,9-12H,1-2H3/b17-16-,21-20-. The van der Waals surface area contributed by atoms with Gasteiger partial charge in [-0.3, -0.25) is 15.0 Å². The predicted molar refractivity (Wildman–Crippen MR) is 83.0 cm³/mol. The number of pyridine rings is 2. The molecule has 0 N–H and O–H groups in total. The first kappa shape index (κ1) is 14.5. The molecule has 0 atom stereocenters. The fourth-order valence-electron chi connectivity index (χ4n) is 1.60. The average molecular weight is 277 g/mol. The van der Waals surface area contributed by atoms with E-state index in [1.807, 2.05) is 43.3 Å². The number of aliphatic imine (C=N–C) groups is 1. The lowest BCUT2D eigenvalue weighted by atomic mass is 10.3. The van der Waals surface area contributed by atoms with E-state index in [0.717, 1.165) is 0 Å². The number of nitrogens with zero attached hydrogens (tertiary/aromatic N) is 5. The van der Waals surface area contributed by atoms with Crippen LogP contribution in [0.15, 0.2) is 75.8 Å². The van der Waals surface area contributed by atoms with Crippen molar-refractivity contribution in [3.05, 3.63) is 72.0 Å². The normalized spacial score (nSPS) is 11.2. The van der Waals surface area contributed by atoms with Crippen LogP contribution in [0.5, 0.6) is 0 Å². The number of azo groups is 1. The molecule has 5 nitrogen and oxygen atoms in total. The molecule has 0 bridgehead atoms. The van der Waals surface area contributed by atoms with Gasteiger partial charge in [0.25, 0.3) is 0 Å². The first-order valence-corrected chi connectivity index (χ1v) is 6.48. The molecule has 0 aliphatic heterocycles. The fourth-order valence-corrected chi connectivity index (χ4v) is 1.60. The zero-order valence-electron chi connectivity index (χ0n) is 11.9. The van der Waals surface area contributed by atoms with Crippen LogP contribution in [0, 0.1) is 0 Å². The van der Waals surface area contributed by atoms with E-state index in [-0.39, 0.29) is 0 Å². The topological polar surface area (TPSA) is 62.9 Å². The van der Waals surface area contributed by atoms with Gasteiger partial charge in [-0.25, -0.2) is 0 Å². The van der Waals surface area contributed by atoms with Crippen molar-refractivity contribution in [2.24, 2.45) is 15.2 Å². The Hall–Kier alpha value is -2.91. The van der Waals surface area contributed by atoms with Crippen LogP contribution < -0.4 is 0 Å². The minimum atomic E-state index is 0.460. The predicted octanol–water partition coefficient (Wildman–Crippen LogP) is 3.52. The van der Waals surface area contributed by atoms with Gasteiger partial charge in [0.15, 0.2) is 11.5 Å². The van der Waals surface area contributed by atoms with E-state index >= 15 is 0 Å². The van der Waals surface area contributed by atoms with Crippen molar-refractivity contribution in [3.8, 4) is 0 Å². The molecule has 0 aliphatic carbocycles. The number of rotatable bonds is 3. The second-order valence-electron chi connectivity index (χ2n) is 3.96. The molecule has 0 saturated carbocycles. The molecule has 2 aromatic rings. The van der Waals surface area contributed by atoms with Crippen molar-refractivity contribution in [2.45, 2.75) is 6.92 Å². The molecule has 5 heteroatoms. The van der Waals surface area contributed by atoms with Crippen LogP contribution >= 0.6 is 0 Å². The van der Waals surface area contributed by atoms with Gasteiger partial charge in [-0.05, 0) is 37.3 Å². The van der Waals surface area contributed by atoms with Gasteiger partial charge < -0.3 is 0 Å². The van der Waals surface area contributed by atoms with E-state index in [0.29, 0.717) is 22.9 Å². The Kier molecular flexibility index (Phi) is 5.26. The lowest BCUT2D eigenvalue weighted by Gasteiger charge is -1.99. The Morgan fingerprint density at radius 3 is 2.19 bits per heavy atom. The van der Waals surface area contributed by atoms with Crippen molar-refractivity contribution in [2.75, 3.05) is 7.05 Å². The first-order chi connectivity index (χ1) is 10.3. The Labute approximate surface area is 123 Å². The summed E-state index contributed by atoms with van der Waals surface area (Å²) < 4.78 is 0. The minimum absolute atomic E-state index is 0.460. The van der Waals surface area contributed by atoms with Gasteiger partial charge in [-0.2, -0.15) is 0 Å². The number of hydrogen-bond donors (Lipinski definition) is 0. The van der Waals surface area contributed by atoms with E-state index < -0.39 is 0 Å². The summed E-state index contributed by atoms with van der Waals surface area (Å²) in [5.41, 5.74) is 4.95. The summed E-state index contributed by atoms with van der Waals surface area (Å²) in [7, 11) is 1.66. The van der Waals surface area contributed by atoms with Gasteiger partial charge in [0.05, 0.1) is 5.69 Å². The van der Waals surface area contributed by atoms with E-state index in [9.17, 15) is 0 Å². The van der Waals surface area contributed by atoms with Gasteiger partial charge in [0.1, 0.15) is 5.69 Å². The van der Waals surface area contributed by atoms with Crippen LogP contribution in [0.3, 0.4) is 0 Å². The van der Waals surface area contributed by atoms with Gasteiger partial charge in [0, 0.05) is 19.4 Å². The second kappa shape index (κ2) is 7.62. The zero-order valence-corrected chi connectivity index (χ0v) is 11.9. The quantitative estimate of drug-likeness (QED) is 0.373. The molecule has 0 spiro atoms. The third-order valence-corrected chi connectivity index (χ3v) is 2.54. The molecule has 2 rings (SSSR count). The number of allylic oxidation sites excluding steroid dienone is 1. The number of amidine groups is 1. The van der Waals surface area contributed by atoms with Gasteiger partial charge in [-0.1, -0.05) is 17.9 Å². The molecule has 0 aliphatic rings. The van der Waals surface area contributed by atoms with Crippen molar-refractivity contribution in [1.82, 2.24) is 9.97 Å². The van der Waals surface area contributed by atoms with E-state index in [1.54, 1.807) is 25.5 Å². The summed E-state index contributed by atoms with van der Waals surface area (Å²) in [6.45, 7) is 1.87. The van der Waals surface area contributed by atoms with E-state index in [2.05, 4.69) is 30.9 Å². The third-order valence-electron chi connectivity index (χ3n) is 2.54. The van der Waals surface area contributed by atoms with Crippen LogP contribution in [0.4, 0.5) is 0 Å². The number of aromatic nitrogens is 2. The molecular weight excluding hydrogens is 262 g/mol. The van der Waals surface area contributed by atoms with Crippen LogP contribution in [-0.4, -0.2) is 22.9 Å². The summed E-state index contributed by atoms with van der Waals surface area (Å²) in [4.78, 5) is 12.6. The Morgan fingerprint density at radius 1 is 1.00 bits per heavy atom. The minimum Gasteiger partial charge on any atom is -0.267 e. The highest BCUT2D eigenvalue weighted by atomic mass is 15.2. The van der Waals surface area contributed by atoms with Crippen LogP contribution in [-0.2, 0) is 0 Å². The molecule has 0 unspecified atom stereocenters. The summed E-state index contributed by atoms with van der Waals surface area (Å²) in [5.74, 6) is 0.460. The Morgan fingerprint density at radius 2 is 1.67 bits per heavy atom. The lowest BCUT2D eigenvalue weighted by molar-refractivity contribution is 1.17. The second-order valence-corrected chi connectivity index (χ2v) is 3.96. The van der Waals surface area contributed by atoms with Crippen molar-refractivity contribution < 1.29 is 0 Å². The molecule has 2 heterocycles. The smallest absolute Gasteiger partial charge is 0.195 e. The fraction of sp³-hybridized carbons (Fsp3) is 0.125. The highest BCUT2D eigenvalue weighted by Crippen LogP contribution is 2.12. The first-order valence-electron chi connectivity index (χ1n) is 6.48. The molecule has 0 aromatic carbocycles. The van der Waals surface area contributed by atoms with Gasteiger partial charge in [-0.15, -0.1) is 10.2 Å². The molecule has 0 saturated heterocycles. The van der Waals surface area contributed by atoms with Crippen molar-refractivity contribution in [3.63, 3.8) is 0 Å². The summed E-state index contributed by atoms with van der Waals surface area (Å²) >= 11 is 0. The third kappa shape index (κ3) is 4.03. The van der Waals surface area contributed by atoms with Crippen LogP contribution in [0.25, 0.3) is 5.70 Å². The SMILES string of the molecule is CC=C=C(/N=N\C(=N/C)c1ccccn1)c1ccccn1. The monoisotopic (exact) mass is 277 g/mol. The zero-order chi connectivity index (χ0) is 14.9. The lowest BCUT2D eigenvalue weighted by Crippen LogP contribution is -1.99. The Balaban J connectivity index is 2.31. The maximum Gasteiger partial charge on any atom is 0.195 e. The summed E-state index contributed by atoms with van der Waals surface area (Å²) in [5, 5.41) is 8.36. The van der Waals surface area contributed by atoms with Crippen molar-refractivity contribution in [1.29, 1.82) is 0 Å². The van der Waals surface area contributed by atoms with Crippen LogP contribution in [0.1, 0.15) is 18.3 Å². The Bertz CT molecular complexity index is 696. The molecule has 2 aromatic heterocycles. The maximum atomic E-state index is 4.25. The van der Waals surface area contributed by atoms with E-state index in [1.165, 1.54) is 0 Å². The molecular formula is C16H15N5. The maximum absolute atomic E-state index is 4.25. The molecule has 0 radical (unpaired) electrons. The summed E-state index contributed by atoms with van der Waals surface area (Å²) in [6.07, 6.45) is 5.17. The average Bonchev–Trinajstić information content (AvgIpc) is 2.56. The molecule has 104 valence electrons. The molecule has 21 heavy (non-hydrogen) atoms. The van der Waals surface area contributed by atoms with Crippen molar-refractivity contribution >= 4 is 11.5 Å². The molecule has 0 amide bonds. The largest absolute Gasteiger partial charge is 0.267 e. The number of hydrogen-bond acceptors (Lipinski definition) is 4. The van der Waals surface area contributed by atoms with Crippen LogP contribution in [0.2, 0.25) is 0 Å². The highest BCUT2D eigenvalue weighted by Gasteiger charge is 2.04. The summed E-state index contributed by atoms with van der Waals surface area (Å²) in [6, 6.07) is 11.1. The van der Waals surface area contributed by atoms with Gasteiger partial charge >= 0.3 is 0 Å². The van der Waals surface area contributed by atoms with Gasteiger partial charge in [0.2, 0.25) is 0 Å². The van der Waals surface area contributed by atoms with E-state index in [4.69, 9.17) is 0 Å².